The van der Waals surface area contributed by atoms with Crippen molar-refractivity contribution in [1.82, 2.24) is 0 Å². The number of carbonyl (C=O) groups is 2. The molecule has 146 valence electrons. The molecule has 0 radical (unpaired) electrons. The summed E-state index contributed by atoms with van der Waals surface area (Å²) in [5.74, 6) is -1.24. The smallest absolute Gasteiger partial charge is 0.333 e. The first-order valence-corrected chi connectivity index (χ1v) is 9.63. The molecule has 0 unspecified atom stereocenters. The first kappa shape index (κ1) is 25.7. The second kappa shape index (κ2) is 20.5. The van der Waals surface area contributed by atoms with Gasteiger partial charge in [0.05, 0.1) is 6.61 Å². The van der Waals surface area contributed by atoms with Crippen LogP contribution in [0.2, 0.25) is 0 Å². The quantitative estimate of drug-likeness (QED) is 0.220. The molecular weight excluding hydrogens is 316 g/mol. The monoisotopic (exact) mass is 354 g/mol. The SMILES string of the molecule is C=C(C)C(=O)OCCCCCCCCCCCCCC.C=CC(=O)O. The van der Waals surface area contributed by atoms with Crippen molar-refractivity contribution in [3.63, 3.8) is 0 Å². The van der Waals surface area contributed by atoms with Crippen molar-refractivity contribution in [2.75, 3.05) is 6.61 Å². The van der Waals surface area contributed by atoms with Gasteiger partial charge < -0.3 is 9.84 Å². The highest BCUT2D eigenvalue weighted by Crippen LogP contribution is 2.11. The average molecular weight is 355 g/mol. The highest BCUT2D eigenvalue weighted by Gasteiger charge is 2.01. The van der Waals surface area contributed by atoms with Crippen LogP contribution in [0, 0.1) is 0 Å². The third kappa shape index (κ3) is 24.8. The van der Waals surface area contributed by atoms with Gasteiger partial charge >= 0.3 is 11.9 Å². The van der Waals surface area contributed by atoms with E-state index in [1.165, 1.54) is 70.6 Å². The zero-order chi connectivity index (χ0) is 19.3. The lowest BCUT2D eigenvalue weighted by molar-refractivity contribution is -0.139. The predicted molar refractivity (Wildman–Crippen MR) is 105 cm³/mol. The van der Waals surface area contributed by atoms with E-state index in [2.05, 4.69) is 20.1 Å². The van der Waals surface area contributed by atoms with Gasteiger partial charge in [0, 0.05) is 11.6 Å². The molecule has 0 heterocycles. The van der Waals surface area contributed by atoms with Crippen LogP contribution in [-0.2, 0) is 14.3 Å². The second-order valence-electron chi connectivity index (χ2n) is 6.35. The zero-order valence-electron chi connectivity index (χ0n) is 16.4. The summed E-state index contributed by atoms with van der Waals surface area (Å²) in [5, 5.41) is 7.60. The summed E-state index contributed by atoms with van der Waals surface area (Å²) in [5.41, 5.74) is 0.490. The van der Waals surface area contributed by atoms with Crippen LogP contribution in [0.15, 0.2) is 24.8 Å². The molecule has 0 aromatic carbocycles. The Bertz CT molecular complexity index is 361. The number of carboxylic acid groups (broad SMARTS) is 1. The maximum Gasteiger partial charge on any atom is 0.333 e. The topological polar surface area (TPSA) is 63.6 Å². The molecule has 0 fully saturated rings. The van der Waals surface area contributed by atoms with Crippen LogP contribution in [-0.4, -0.2) is 23.7 Å². The van der Waals surface area contributed by atoms with Crippen LogP contribution < -0.4 is 0 Å². The Morgan fingerprint density at radius 1 is 0.880 bits per heavy atom. The fourth-order valence-electron chi connectivity index (χ4n) is 2.23. The predicted octanol–water partition coefficient (Wildman–Crippen LogP) is 6.06. The molecule has 0 aliphatic heterocycles. The van der Waals surface area contributed by atoms with Gasteiger partial charge in [-0.25, -0.2) is 9.59 Å². The maximum absolute atomic E-state index is 11.1. The zero-order valence-corrected chi connectivity index (χ0v) is 16.4. The van der Waals surface area contributed by atoms with Crippen LogP contribution >= 0.6 is 0 Å². The normalized spacial score (nSPS) is 9.68. The van der Waals surface area contributed by atoms with Crippen molar-refractivity contribution in [3.05, 3.63) is 24.8 Å². The lowest BCUT2D eigenvalue weighted by Crippen LogP contribution is -2.05. The molecule has 4 heteroatoms. The molecule has 1 N–H and O–H groups in total. The van der Waals surface area contributed by atoms with Crippen LogP contribution in [0.1, 0.15) is 90.9 Å². The largest absolute Gasteiger partial charge is 0.478 e. The molecule has 0 aromatic heterocycles. The minimum Gasteiger partial charge on any atom is -0.478 e. The number of hydrogen-bond acceptors (Lipinski definition) is 3. The van der Waals surface area contributed by atoms with E-state index in [1.54, 1.807) is 6.92 Å². The molecule has 0 rings (SSSR count). The van der Waals surface area contributed by atoms with Gasteiger partial charge in [-0.3, -0.25) is 0 Å². The molecule has 0 saturated heterocycles. The molecule has 0 aliphatic rings. The van der Waals surface area contributed by atoms with Crippen molar-refractivity contribution in [2.24, 2.45) is 0 Å². The Hall–Kier alpha value is -1.58. The van der Waals surface area contributed by atoms with Gasteiger partial charge in [0.15, 0.2) is 0 Å². The van der Waals surface area contributed by atoms with Gasteiger partial charge in [0.2, 0.25) is 0 Å². The number of rotatable bonds is 15. The summed E-state index contributed by atoms with van der Waals surface area (Å²) in [4.78, 5) is 20.4. The van der Waals surface area contributed by atoms with Gasteiger partial charge in [0.25, 0.3) is 0 Å². The van der Waals surface area contributed by atoms with Crippen molar-refractivity contribution in [1.29, 1.82) is 0 Å². The summed E-state index contributed by atoms with van der Waals surface area (Å²) in [6, 6.07) is 0. The van der Waals surface area contributed by atoms with Gasteiger partial charge in [-0.2, -0.15) is 0 Å². The minimum atomic E-state index is -0.981. The summed E-state index contributed by atoms with van der Waals surface area (Å²) in [6.07, 6.45) is 16.7. The third-order valence-corrected chi connectivity index (χ3v) is 3.75. The number of carboxylic acids is 1. The van der Waals surface area contributed by atoms with E-state index in [4.69, 9.17) is 9.84 Å². The van der Waals surface area contributed by atoms with Gasteiger partial charge in [-0.05, 0) is 13.3 Å². The van der Waals surface area contributed by atoms with Crippen LogP contribution in [0.4, 0.5) is 0 Å². The fraction of sp³-hybridized carbons (Fsp3) is 0.714. The number of ether oxygens (including phenoxy) is 1. The first-order valence-electron chi connectivity index (χ1n) is 9.63. The molecule has 0 aliphatic carbocycles. The fourth-order valence-corrected chi connectivity index (χ4v) is 2.23. The number of esters is 1. The van der Waals surface area contributed by atoms with E-state index < -0.39 is 5.97 Å². The van der Waals surface area contributed by atoms with E-state index >= 15 is 0 Å². The summed E-state index contributed by atoms with van der Waals surface area (Å²) in [7, 11) is 0. The number of unbranched alkanes of at least 4 members (excludes halogenated alkanes) is 11. The number of carbonyl (C=O) groups excluding carboxylic acids is 1. The number of hydrogen-bond donors (Lipinski definition) is 1. The summed E-state index contributed by atoms with van der Waals surface area (Å²) >= 11 is 0. The molecule has 0 amide bonds. The first-order chi connectivity index (χ1) is 12.0. The van der Waals surface area contributed by atoms with E-state index in [1.807, 2.05) is 0 Å². The second-order valence-corrected chi connectivity index (χ2v) is 6.35. The Morgan fingerprint density at radius 3 is 1.56 bits per heavy atom. The Labute approximate surface area is 154 Å². The van der Waals surface area contributed by atoms with E-state index in [0.29, 0.717) is 12.2 Å². The van der Waals surface area contributed by atoms with Crippen molar-refractivity contribution in [2.45, 2.75) is 90.9 Å². The average Bonchev–Trinajstić information content (AvgIpc) is 2.59. The Morgan fingerprint density at radius 2 is 1.24 bits per heavy atom. The molecule has 0 saturated carbocycles. The summed E-state index contributed by atoms with van der Waals surface area (Å²) < 4.78 is 5.06. The Kier molecular flexibility index (Phi) is 21.0. The van der Waals surface area contributed by atoms with E-state index in [-0.39, 0.29) is 5.97 Å². The molecule has 0 bridgehead atoms. The van der Waals surface area contributed by atoms with Crippen LogP contribution in [0.3, 0.4) is 0 Å². The van der Waals surface area contributed by atoms with Crippen LogP contribution in [0.5, 0.6) is 0 Å². The maximum atomic E-state index is 11.1. The van der Waals surface area contributed by atoms with Crippen molar-refractivity contribution < 1.29 is 19.4 Å². The lowest BCUT2D eigenvalue weighted by Gasteiger charge is -2.04. The van der Waals surface area contributed by atoms with Gasteiger partial charge in [-0.1, -0.05) is 90.7 Å². The minimum absolute atomic E-state index is 0.256. The van der Waals surface area contributed by atoms with Gasteiger partial charge in [0.1, 0.15) is 0 Å². The molecular formula is C21H38O4. The summed E-state index contributed by atoms with van der Waals surface area (Å²) in [6.45, 7) is 11.0. The van der Waals surface area contributed by atoms with E-state index in [9.17, 15) is 9.59 Å². The highest BCUT2D eigenvalue weighted by molar-refractivity contribution is 5.86. The molecule has 0 spiro atoms. The molecule has 0 atom stereocenters. The van der Waals surface area contributed by atoms with Crippen molar-refractivity contribution in [3.8, 4) is 0 Å². The highest BCUT2D eigenvalue weighted by atomic mass is 16.5. The molecule has 0 aromatic rings. The standard InChI is InChI=1S/C18H34O2.C3H4O2/c1-4-5-6-7-8-9-10-11-12-13-14-15-16-20-18(19)17(2)3;1-2-3(4)5/h2,4-16H2,1,3H3;2H,1H2,(H,4,5). The number of aliphatic carboxylic acids is 1. The van der Waals surface area contributed by atoms with Gasteiger partial charge in [-0.15, -0.1) is 0 Å². The van der Waals surface area contributed by atoms with E-state index in [0.717, 1.165) is 12.5 Å². The lowest BCUT2D eigenvalue weighted by atomic mass is 10.1. The van der Waals surface area contributed by atoms with Crippen LogP contribution in [0.25, 0.3) is 0 Å². The van der Waals surface area contributed by atoms with Crippen molar-refractivity contribution >= 4 is 11.9 Å². The Balaban J connectivity index is 0. The molecule has 4 nitrogen and oxygen atoms in total. The molecule has 25 heavy (non-hydrogen) atoms. The third-order valence-electron chi connectivity index (χ3n) is 3.75.